The lowest BCUT2D eigenvalue weighted by Gasteiger charge is -2.31. The zero-order valence-electron chi connectivity index (χ0n) is 10.5. The van der Waals surface area contributed by atoms with Gasteiger partial charge in [-0.2, -0.15) is 0 Å². The van der Waals surface area contributed by atoms with E-state index in [1.54, 1.807) is 13.1 Å². The Hall–Kier alpha value is -1.36. The Labute approximate surface area is 102 Å². The van der Waals surface area contributed by atoms with Gasteiger partial charge in [-0.1, -0.05) is 6.08 Å². The van der Waals surface area contributed by atoms with Crippen LogP contribution < -0.4 is 10.6 Å². The van der Waals surface area contributed by atoms with E-state index in [1.165, 1.54) is 6.08 Å². The molecule has 1 saturated heterocycles. The molecule has 1 fully saturated rings. The van der Waals surface area contributed by atoms with E-state index in [0.29, 0.717) is 6.54 Å². The van der Waals surface area contributed by atoms with Gasteiger partial charge >= 0.3 is 0 Å². The van der Waals surface area contributed by atoms with Gasteiger partial charge in [-0.15, -0.1) is 0 Å². The third-order valence-corrected chi connectivity index (χ3v) is 2.90. The molecular formula is C12H21N3O2. The molecule has 5 heteroatoms. The predicted molar refractivity (Wildman–Crippen MR) is 66.5 cm³/mol. The third-order valence-electron chi connectivity index (χ3n) is 2.90. The van der Waals surface area contributed by atoms with Crippen molar-refractivity contribution < 1.29 is 9.59 Å². The first-order valence-electron chi connectivity index (χ1n) is 6.02. The lowest BCUT2D eigenvalue weighted by Crippen LogP contribution is -2.46. The van der Waals surface area contributed by atoms with Crippen LogP contribution in [0.25, 0.3) is 0 Å². The molecule has 1 heterocycles. The minimum atomic E-state index is -0.0303. The average Bonchev–Trinajstić information content (AvgIpc) is 2.32. The van der Waals surface area contributed by atoms with Gasteiger partial charge in [0.25, 0.3) is 0 Å². The maximum absolute atomic E-state index is 11.3. The number of carbonyl (C=O) groups excluding carboxylic acids is 2. The van der Waals surface area contributed by atoms with Crippen molar-refractivity contribution in [3.8, 4) is 0 Å². The molecule has 0 saturated carbocycles. The van der Waals surface area contributed by atoms with Gasteiger partial charge in [-0.05, 0) is 25.8 Å². The number of nitrogens with one attached hydrogen (secondary N) is 2. The fraction of sp³-hybridized carbons (Fsp3) is 0.667. The van der Waals surface area contributed by atoms with Crippen LogP contribution in [0.3, 0.4) is 0 Å². The van der Waals surface area contributed by atoms with E-state index in [-0.39, 0.29) is 17.9 Å². The lowest BCUT2D eigenvalue weighted by molar-refractivity contribution is -0.122. The van der Waals surface area contributed by atoms with E-state index in [9.17, 15) is 9.59 Å². The number of rotatable bonds is 4. The Kier molecular flexibility index (Phi) is 5.69. The predicted octanol–water partition coefficient (Wildman–Crippen LogP) is -0.111. The van der Waals surface area contributed by atoms with Crippen molar-refractivity contribution in [3.63, 3.8) is 0 Å². The summed E-state index contributed by atoms with van der Waals surface area (Å²) in [5, 5.41) is 5.57. The Morgan fingerprint density at radius 2 is 2.00 bits per heavy atom. The molecule has 17 heavy (non-hydrogen) atoms. The highest BCUT2D eigenvalue weighted by Gasteiger charge is 2.20. The van der Waals surface area contributed by atoms with E-state index in [1.807, 2.05) is 6.92 Å². The van der Waals surface area contributed by atoms with Crippen LogP contribution in [0, 0.1) is 0 Å². The molecule has 0 aromatic rings. The highest BCUT2D eigenvalue weighted by Crippen LogP contribution is 2.09. The van der Waals surface area contributed by atoms with E-state index >= 15 is 0 Å². The van der Waals surface area contributed by atoms with Gasteiger partial charge in [0.05, 0.1) is 6.54 Å². The summed E-state index contributed by atoms with van der Waals surface area (Å²) >= 11 is 0. The largest absolute Gasteiger partial charge is 0.358 e. The SMILES string of the molecule is CC=CC(=O)NC1CCN(CC(=O)NC)CC1. The Morgan fingerprint density at radius 3 is 2.53 bits per heavy atom. The molecular weight excluding hydrogens is 218 g/mol. The molecule has 0 aromatic heterocycles. The zero-order valence-corrected chi connectivity index (χ0v) is 10.5. The topological polar surface area (TPSA) is 61.4 Å². The van der Waals surface area contributed by atoms with Gasteiger partial charge in [0.1, 0.15) is 0 Å². The quantitative estimate of drug-likeness (QED) is 0.673. The summed E-state index contributed by atoms with van der Waals surface area (Å²) in [5.41, 5.74) is 0. The maximum atomic E-state index is 11.3. The molecule has 0 atom stereocenters. The van der Waals surface area contributed by atoms with Gasteiger partial charge in [0, 0.05) is 26.2 Å². The summed E-state index contributed by atoms with van der Waals surface area (Å²) in [6, 6.07) is 0.236. The minimum Gasteiger partial charge on any atom is -0.358 e. The first-order valence-corrected chi connectivity index (χ1v) is 6.02. The molecule has 1 rings (SSSR count). The first-order chi connectivity index (χ1) is 8.15. The number of hydrogen-bond donors (Lipinski definition) is 2. The van der Waals surface area contributed by atoms with Gasteiger partial charge in [-0.3, -0.25) is 14.5 Å². The van der Waals surface area contributed by atoms with E-state index in [0.717, 1.165) is 25.9 Å². The summed E-state index contributed by atoms with van der Waals surface area (Å²) in [5.74, 6) is 0.0126. The third kappa shape index (κ3) is 4.99. The summed E-state index contributed by atoms with van der Waals surface area (Å²) < 4.78 is 0. The van der Waals surface area contributed by atoms with Crippen molar-refractivity contribution in [1.29, 1.82) is 0 Å². The Morgan fingerprint density at radius 1 is 1.35 bits per heavy atom. The standard InChI is InChI=1S/C12H21N3O2/c1-3-4-11(16)14-10-5-7-15(8-6-10)9-12(17)13-2/h3-4,10H,5-9H2,1-2H3,(H,13,17)(H,14,16). The number of likely N-dealkylation sites (tertiary alicyclic amines) is 1. The Balaban J connectivity index is 2.26. The molecule has 96 valence electrons. The summed E-state index contributed by atoms with van der Waals surface area (Å²) in [6.07, 6.45) is 5.08. The normalized spacial score (nSPS) is 18.2. The zero-order chi connectivity index (χ0) is 12.7. The number of likely N-dealkylation sites (N-methyl/N-ethyl adjacent to an activating group) is 1. The van der Waals surface area contributed by atoms with Crippen molar-refractivity contribution in [2.45, 2.75) is 25.8 Å². The van der Waals surface area contributed by atoms with Crippen molar-refractivity contribution in [3.05, 3.63) is 12.2 Å². The monoisotopic (exact) mass is 239 g/mol. The highest BCUT2D eigenvalue weighted by molar-refractivity contribution is 5.87. The van der Waals surface area contributed by atoms with Crippen LogP contribution in [0.15, 0.2) is 12.2 Å². The first kappa shape index (κ1) is 13.7. The van der Waals surface area contributed by atoms with Gasteiger partial charge in [-0.25, -0.2) is 0 Å². The van der Waals surface area contributed by atoms with Crippen LogP contribution >= 0.6 is 0 Å². The Bertz CT molecular complexity index is 294. The van der Waals surface area contributed by atoms with E-state index in [2.05, 4.69) is 15.5 Å². The smallest absolute Gasteiger partial charge is 0.243 e. The molecule has 0 aromatic carbocycles. The average molecular weight is 239 g/mol. The molecule has 0 spiro atoms. The molecule has 0 aliphatic carbocycles. The number of carbonyl (C=O) groups is 2. The number of piperidine rings is 1. The van der Waals surface area contributed by atoms with Crippen LogP contribution in [0.5, 0.6) is 0 Å². The molecule has 0 unspecified atom stereocenters. The lowest BCUT2D eigenvalue weighted by atomic mass is 10.1. The molecule has 1 aliphatic rings. The van der Waals surface area contributed by atoms with Gasteiger partial charge < -0.3 is 10.6 Å². The van der Waals surface area contributed by atoms with Gasteiger partial charge in [0.15, 0.2) is 0 Å². The second-order valence-corrected chi connectivity index (χ2v) is 4.23. The second-order valence-electron chi connectivity index (χ2n) is 4.23. The molecule has 0 radical (unpaired) electrons. The maximum Gasteiger partial charge on any atom is 0.243 e. The molecule has 0 bridgehead atoms. The van der Waals surface area contributed by atoms with Crippen molar-refractivity contribution in [2.24, 2.45) is 0 Å². The van der Waals surface area contributed by atoms with Crippen molar-refractivity contribution in [2.75, 3.05) is 26.7 Å². The summed E-state index contributed by atoms with van der Waals surface area (Å²) in [4.78, 5) is 24.6. The van der Waals surface area contributed by atoms with Crippen LogP contribution in [0.4, 0.5) is 0 Å². The summed E-state index contributed by atoms with van der Waals surface area (Å²) in [7, 11) is 1.65. The van der Waals surface area contributed by atoms with Crippen LogP contribution in [0.1, 0.15) is 19.8 Å². The molecule has 5 nitrogen and oxygen atoms in total. The molecule has 2 N–H and O–H groups in total. The fourth-order valence-electron chi connectivity index (χ4n) is 1.92. The van der Waals surface area contributed by atoms with E-state index < -0.39 is 0 Å². The second kappa shape index (κ2) is 7.06. The molecule has 1 aliphatic heterocycles. The number of hydrogen-bond acceptors (Lipinski definition) is 3. The van der Waals surface area contributed by atoms with Crippen molar-refractivity contribution >= 4 is 11.8 Å². The van der Waals surface area contributed by atoms with E-state index in [4.69, 9.17) is 0 Å². The summed E-state index contributed by atoms with van der Waals surface area (Å²) in [6.45, 7) is 3.99. The molecule has 2 amide bonds. The van der Waals surface area contributed by atoms with Crippen LogP contribution in [-0.4, -0.2) is 49.4 Å². The van der Waals surface area contributed by atoms with Crippen LogP contribution in [0.2, 0.25) is 0 Å². The van der Waals surface area contributed by atoms with Crippen molar-refractivity contribution in [1.82, 2.24) is 15.5 Å². The number of nitrogens with zero attached hydrogens (tertiary/aromatic N) is 1. The number of allylic oxidation sites excluding steroid dienone is 1. The van der Waals surface area contributed by atoms with Crippen LogP contribution in [-0.2, 0) is 9.59 Å². The fourth-order valence-corrected chi connectivity index (χ4v) is 1.92. The number of amides is 2. The highest BCUT2D eigenvalue weighted by atomic mass is 16.2. The van der Waals surface area contributed by atoms with Gasteiger partial charge in [0.2, 0.25) is 11.8 Å². The minimum absolute atomic E-state index is 0.0303.